The average molecular weight is 409 g/mol. The van der Waals surface area contributed by atoms with Crippen LogP contribution in [0, 0.1) is 0 Å². The van der Waals surface area contributed by atoms with Crippen LogP contribution in [-0.4, -0.2) is 21.6 Å². The maximum Gasteiger partial charge on any atom is 0.326 e. The van der Waals surface area contributed by atoms with Crippen molar-refractivity contribution < 1.29 is 14.7 Å². The summed E-state index contributed by atoms with van der Waals surface area (Å²) in [6, 6.07) is 10.7. The fraction of sp³-hybridized carbons (Fsp3) is 0.167. The van der Waals surface area contributed by atoms with Gasteiger partial charge >= 0.3 is 5.97 Å². The normalized spacial score (nSPS) is 13.1. The molecule has 0 radical (unpaired) electrons. The van der Waals surface area contributed by atoms with E-state index in [9.17, 15) is 14.7 Å². The van der Waals surface area contributed by atoms with Crippen molar-refractivity contribution in [1.29, 1.82) is 0 Å². The third-order valence-electron chi connectivity index (χ3n) is 3.88. The molecule has 0 saturated carbocycles. The summed E-state index contributed by atoms with van der Waals surface area (Å²) in [6.07, 6.45) is 0.343. The van der Waals surface area contributed by atoms with Crippen LogP contribution in [0.2, 0.25) is 10.0 Å². The Morgan fingerprint density at radius 1 is 1.19 bits per heavy atom. The van der Waals surface area contributed by atoms with E-state index in [-0.39, 0.29) is 0 Å². The molecular weight excluding hydrogens is 395 g/mol. The summed E-state index contributed by atoms with van der Waals surface area (Å²) in [6.45, 7) is 1.77. The number of carboxylic acid groups (broad SMARTS) is 1. The summed E-state index contributed by atoms with van der Waals surface area (Å²) in [5.74, 6) is -1.47. The summed E-state index contributed by atoms with van der Waals surface area (Å²) in [5, 5.41) is 10.6. The number of hydrogen-bond acceptors (Lipinski definition) is 3. The van der Waals surface area contributed by atoms with Crippen molar-refractivity contribution in [2.75, 3.05) is 0 Å². The number of thiazole rings is 1. The highest BCUT2D eigenvalue weighted by Crippen LogP contribution is 2.29. The zero-order valence-electron chi connectivity index (χ0n) is 13.6. The number of halogens is 2. The highest BCUT2D eigenvalue weighted by Gasteiger charge is 2.22. The number of fused-ring (bicyclic) bond motifs is 1. The van der Waals surface area contributed by atoms with Crippen LogP contribution in [-0.2, 0) is 4.79 Å². The molecule has 8 heteroatoms. The van der Waals surface area contributed by atoms with Gasteiger partial charge in [0.05, 0.1) is 15.2 Å². The van der Waals surface area contributed by atoms with Crippen molar-refractivity contribution >= 4 is 56.6 Å². The Balaban J connectivity index is 2.24. The van der Waals surface area contributed by atoms with Crippen molar-refractivity contribution in [2.45, 2.75) is 19.4 Å². The number of nitrogens with zero attached hydrogens (tertiary/aromatic N) is 2. The van der Waals surface area contributed by atoms with Crippen LogP contribution >= 0.6 is 34.5 Å². The van der Waals surface area contributed by atoms with Gasteiger partial charge < -0.3 is 9.67 Å². The first-order chi connectivity index (χ1) is 12.4. The van der Waals surface area contributed by atoms with Gasteiger partial charge in [-0.25, -0.2) is 4.79 Å². The van der Waals surface area contributed by atoms with E-state index in [1.54, 1.807) is 54.0 Å². The highest BCUT2D eigenvalue weighted by molar-refractivity contribution is 7.17. The molecule has 1 N–H and O–H groups in total. The molecule has 0 aliphatic heterocycles. The predicted molar refractivity (Wildman–Crippen MR) is 103 cm³/mol. The first kappa shape index (κ1) is 18.6. The molecule has 0 saturated heterocycles. The predicted octanol–water partition coefficient (Wildman–Crippen LogP) is 4.79. The standard InChI is InChI=1S/C18H14Cl2N2O3S/c1-2-13(17(24)25)22-14-5-3-4-12(20)15(14)26-18(22)21-16(23)10-6-8-11(19)9-7-10/h3-9,13H,2H2,1H3,(H,24,25). The Kier molecular flexibility index (Phi) is 5.46. The summed E-state index contributed by atoms with van der Waals surface area (Å²) in [4.78, 5) is 28.7. The van der Waals surface area contributed by atoms with Gasteiger partial charge in [-0.05, 0) is 42.8 Å². The average Bonchev–Trinajstić information content (AvgIpc) is 2.95. The molecule has 5 nitrogen and oxygen atoms in total. The van der Waals surface area contributed by atoms with Crippen LogP contribution < -0.4 is 4.80 Å². The minimum absolute atomic E-state index is 0.294. The Hall–Kier alpha value is -2.15. The molecule has 0 aliphatic carbocycles. The van der Waals surface area contributed by atoms with E-state index in [2.05, 4.69) is 4.99 Å². The number of aliphatic carboxylic acids is 1. The van der Waals surface area contributed by atoms with Crippen molar-refractivity contribution in [2.24, 2.45) is 4.99 Å². The Morgan fingerprint density at radius 2 is 1.88 bits per heavy atom. The molecule has 1 amide bonds. The van der Waals surface area contributed by atoms with Crippen molar-refractivity contribution in [1.82, 2.24) is 4.57 Å². The molecular formula is C18H14Cl2N2O3S. The third kappa shape index (κ3) is 3.53. The molecule has 1 heterocycles. The molecule has 1 unspecified atom stereocenters. The highest BCUT2D eigenvalue weighted by atomic mass is 35.5. The SMILES string of the molecule is CCC(C(=O)O)n1c(=NC(=O)c2ccc(Cl)cc2)sc2c(Cl)cccc21. The van der Waals surface area contributed by atoms with Gasteiger partial charge in [0, 0.05) is 10.6 Å². The van der Waals surface area contributed by atoms with Gasteiger partial charge in [0.25, 0.3) is 5.91 Å². The molecule has 134 valence electrons. The molecule has 1 aromatic heterocycles. The topological polar surface area (TPSA) is 71.7 Å². The number of carboxylic acids is 1. The van der Waals surface area contributed by atoms with E-state index in [0.29, 0.717) is 37.0 Å². The van der Waals surface area contributed by atoms with Gasteiger partial charge in [0.2, 0.25) is 0 Å². The zero-order valence-corrected chi connectivity index (χ0v) is 16.0. The van der Waals surface area contributed by atoms with Gasteiger partial charge in [-0.2, -0.15) is 4.99 Å². The number of aromatic nitrogens is 1. The summed E-state index contributed by atoms with van der Waals surface area (Å²) < 4.78 is 2.25. The van der Waals surface area contributed by atoms with Crippen molar-refractivity contribution in [3.05, 3.63) is 62.9 Å². The van der Waals surface area contributed by atoms with E-state index >= 15 is 0 Å². The molecule has 0 fully saturated rings. The molecule has 0 bridgehead atoms. The van der Waals surface area contributed by atoms with E-state index < -0.39 is 17.9 Å². The fourth-order valence-corrected chi connectivity index (χ4v) is 4.10. The summed E-state index contributed by atoms with van der Waals surface area (Å²) in [7, 11) is 0. The maximum atomic E-state index is 12.5. The number of hydrogen-bond donors (Lipinski definition) is 1. The van der Waals surface area contributed by atoms with Gasteiger partial charge in [0.1, 0.15) is 6.04 Å². The summed E-state index contributed by atoms with van der Waals surface area (Å²) in [5.41, 5.74) is 1.01. The molecule has 0 aliphatic rings. The number of benzene rings is 2. The Morgan fingerprint density at radius 3 is 2.50 bits per heavy atom. The molecule has 2 aromatic carbocycles. The number of rotatable bonds is 4. The lowest BCUT2D eigenvalue weighted by atomic mass is 10.2. The van der Waals surface area contributed by atoms with Gasteiger partial charge in [-0.15, -0.1) is 0 Å². The lowest BCUT2D eigenvalue weighted by Crippen LogP contribution is -2.27. The second-order valence-electron chi connectivity index (χ2n) is 5.53. The van der Waals surface area contributed by atoms with E-state index in [0.717, 1.165) is 0 Å². The Bertz CT molecular complexity index is 1050. The lowest BCUT2D eigenvalue weighted by Gasteiger charge is -2.13. The first-order valence-corrected chi connectivity index (χ1v) is 9.36. The molecule has 0 spiro atoms. The quantitative estimate of drug-likeness (QED) is 0.674. The molecule has 1 atom stereocenters. The van der Waals surface area contributed by atoms with Crippen LogP contribution in [0.25, 0.3) is 10.2 Å². The van der Waals surface area contributed by atoms with Crippen molar-refractivity contribution in [3.63, 3.8) is 0 Å². The van der Waals surface area contributed by atoms with Crippen LogP contribution in [0.4, 0.5) is 0 Å². The van der Waals surface area contributed by atoms with Crippen LogP contribution in [0.3, 0.4) is 0 Å². The van der Waals surface area contributed by atoms with Crippen LogP contribution in [0.5, 0.6) is 0 Å². The zero-order chi connectivity index (χ0) is 18.8. The summed E-state index contributed by atoms with van der Waals surface area (Å²) >= 11 is 13.3. The second kappa shape index (κ2) is 7.61. The van der Waals surface area contributed by atoms with Crippen molar-refractivity contribution in [3.8, 4) is 0 Å². The largest absolute Gasteiger partial charge is 0.480 e. The minimum atomic E-state index is -0.993. The second-order valence-corrected chi connectivity index (χ2v) is 7.35. The van der Waals surface area contributed by atoms with E-state index in [1.807, 2.05) is 0 Å². The number of carbonyl (C=O) groups excluding carboxylic acids is 1. The van der Waals surface area contributed by atoms with Crippen LogP contribution in [0.15, 0.2) is 47.5 Å². The molecule has 26 heavy (non-hydrogen) atoms. The lowest BCUT2D eigenvalue weighted by molar-refractivity contribution is -0.140. The third-order valence-corrected chi connectivity index (χ3v) is 5.66. The molecule has 3 rings (SSSR count). The van der Waals surface area contributed by atoms with Gasteiger partial charge in [-0.1, -0.05) is 47.5 Å². The van der Waals surface area contributed by atoms with Gasteiger partial charge in [0.15, 0.2) is 4.80 Å². The number of amides is 1. The smallest absolute Gasteiger partial charge is 0.326 e. The first-order valence-electron chi connectivity index (χ1n) is 7.79. The van der Waals surface area contributed by atoms with E-state index in [1.165, 1.54) is 11.3 Å². The van der Waals surface area contributed by atoms with Gasteiger partial charge in [-0.3, -0.25) is 4.79 Å². The fourth-order valence-electron chi connectivity index (χ4n) is 2.62. The maximum absolute atomic E-state index is 12.5. The monoisotopic (exact) mass is 408 g/mol. The number of carbonyl (C=O) groups is 2. The Labute approximate surface area is 163 Å². The van der Waals surface area contributed by atoms with Crippen LogP contribution in [0.1, 0.15) is 29.7 Å². The minimum Gasteiger partial charge on any atom is -0.480 e. The van der Waals surface area contributed by atoms with E-state index in [4.69, 9.17) is 23.2 Å². The molecule has 3 aromatic rings.